The summed E-state index contributed by atoms with van der Waals surface area (Å²) in [6.07, 6.45) is -2.29. The fraction of sp³-hybridized carbons (Fsp3) is 0.600. The third-order valence-electron chi connectivity index (χ3n) is 4.26. The van der Waals surface area contributed by atoms with E-state index in [2.05, 4.69) is 39.8 Å². The topological polar surface area (TPSA) is 21.3 Å². The molecule has 0 amide bonds. The molecule has 3 atom stereocenters. The quantitative estimate of drug-likeness (QED) is 0.821. The lowest BCUT2D eigenvalue weighted by Crippen LogP contribution is -2.31. The van der Waals surface area contributed by atoms with E-state index in [0.717, 1.165) is 17.9 Å². The van der Waals surface area contributed by atoms with E-state index in [0.29, 0.717) is 23.0 Å². The smallest absolute Gasteiger partial charge is 0.405 e. The van der Waals surface area contributed by atoms with E-state index in [1.165, 1.54) is 12.5 Å². The van der Waals surface area contributed by atoms with Crippen LogP contribution in [0.25, 0.3) is 0 Å². The normalized spacial score (nSPS) is 26.1. The lowest BCUT2D eigenvalue weighted by Gasteiger charge is -2.20. The van der Waals surface area contributed by atoms with Crippen LogP contribution < -0.4 is 10.1 Å². The van der Waals surface area contributed by atoms with Crippen molar-refractivity contribution in [1.29, 1.82) is 0 Å². The van der Waals surface area contributed by atoms with Gasteiger partial charge in [-0.3, -0.25) is 0 Å². The Labute approximate surface area is 131 Å². The van der Waals surface area contributed by atoms with Crippen LogP contribution in [0.2, 0.25) is 0 Å². The van der Waals surface area contributed by atoms with E-state index in [1.54, 1.807) is 12.1 Å². The van der Waals surface area contributed by atoms with Crippen LogP contribution in [0.3, 0.4) is 0 Å². The van der Waals surface area contributed by atoms with Gasteiger partial charge in [-0.15, -0.1) is 13.2 Å². The minimum atomic E-state index is -4.67. The van der Waals surface area contributed by atoms with Gasteiger partial charge in [-0.05, 0) is 58.3 Å². The van der Waals surface area contributed by atoms with Gasteiger partial charge in [0.15, 0.2) is 0 Å². The van der Waals surface area contributed by atoms with Gasteiger partial charge in [0.2, 0.25) is 0 Å². The fourth-order valence-corrected chi connectivity index (χ4v) is 3.27. The lowest BCUT2D eigenvalue weighted by atomic mass is 9.98. The van der Waals surface area contributed by atoms with Crippen LogP contribution >= 0.6 is 15.9 Å². The van der Waals surface area contributed by atoms with E-state index in [9.17, 15) is 13.2 Å². The second kappa shape index (κ2) is 6.57. The Morgan fingerprint density at radius 3 is 2.52 bits per heavy atom. The molecule has 0 aromatic heterocycles. The summed E-state index contributed by atoms with van der Waals surface area (Å²) in [6.45, 7) is 5.14. The highest BCUT2D eigenvalue weighted by molar-refractivity contribution is 9.10. The minimum Gasteiger partial charge on any atom is -0.405 e. The molecule has 0 spiro atoms. The van der Waals surface area contributed by atoms with Crippen LogP contribution in [0.1, 0.15) is 32.3 Å². The van der Waals surface area contributed by atoms with E-state index in [-0.39, 0.29) is 5.75 Å². The summed E-state index contributed by atoms with van der Waals surface area (Å²) >= 11 is 3.12. The molecular weight excluding hydrogens is 347 g/mol. The first-order valence-electron chi connectivity index (χ1n) is 7.04. The third kappa shape index (κ3) is 4.61. The van der Waals surface area contributed by atoms with Crippen LogP contribution in [0.4, 0.5) is 13.2 Å². The van der Waals surface area contributed by atoms with Gasteiger partial charge in [-0.2, -0.15) is 0 Å². The summed E-state index contributed by atoms with van der Waals surface area (Å²) in [5.41, 5.74) is 0.933. The summed E-state index contributed by atoms with van der Waals surface area (Å²) in [4.78, 5) is 0. The maximum Gasteiger partial charge on any atom is 0.573 e. The van der Waals surface area contributed by atoms with Crippen LogP contribution in [0.5, 0.6) is 5.75 Å². The van der Waals surface area contributed by atoms with E-state index >= 15 is 0 Å². The molecule has 3 unspecified atom stereocenters. The maximum atomic E-state index is 12.2. The molecule has 1 aliphatic rings. The number of benzene rings is 1. The monoisotopic (exact) mass is 365 g/mol. The molecule has 1 N–H and O–H groups in total. The summed E-state index contributed by atoms with van der Waals surface area (Å²) in [5, 5.41) is 3.49. The van der Waals surface area contributed by atoms with Crippen molar-refractivity contribution in [1.82, 2.24) is 5.32 Å². The van der Waals surface area contributed by atoms with E-state index in [1.807, 2.05) is 0 Å². The largest absolute Gasteiger partial charge is 0.573 e. The molecule has 1 aliphatic carbocycles. The zero-order chi connectivity index (χ0) is 15.6. The van der Waals surface area contributed by atoms with Gasteiger partial charge in [0, 0.05) is 12.6 Å². The van der Waals surface area contributed by atoms with Crippen LogP contribution in [0.15, 0.2) is 22.7 Å². The van der Waals surface area contributed by atoms with Gasteiger partial charge in [-0.25, -0.2) is 0 Å². The Morgan fingerprint density at radius 1 is 1.29 bits per heavy atom. The van der Waals surface area contributed by atoms with Crippen molar-refractivity contribution in [3.05, 3.63) is 28.2 Å². The number of alkyl halides is 3. The number of rotatable bonds is 4. The first-order chi connectivity index (χ1) is 9.76. The van der Waals surface area contributed by atoms with Gasteiger partial charge in [-0.1, -0.05) is 19.9 Å². The zero-order valence-corrected chi connectivity index (χ0v) is 13.6. The molecule has 1 aromatic carbocycles. The Morgan fingerprint density at radius 2 is 2.00 bits per heavy atom. The van der Waals surface area contributed by atoms with Crippen LogP contribution in [0, 0.1) is 11.8 Å². The molecule has 21 heavy (non-hydrogen) atoms. The van der Waals surface area contributed by atoms with Crippen molar-refractivity contribution in [3.63, 3.8) is 0 Å². The molecule has 6 heteroatoms. The second-order valence-corrected chi connectivity index (χ2v) is 6.57. The van der Waals surface area contributed by atoms with Gasteiger partial charge < -0.3 is 10.1 Å². The van der Waals surface area contributed by atoms with Gasteiger partial charge in [0.1, 0.15) is 5.75 Å². The molecule has 1 fully saturated rings. The standard InChI is InChI=1S/C15H19BrF3NO/c1-9-3-5-13(10(9)2)20-8-11-4-6-14(12(16)7-11)21-15(17,18)19/h4,6-7,9-10,13,20H,3,5,8H2,1-2H3. The molecule has 2 nitrogen and oxygen atoms in total. The highest BCUT2D eigenvalue weighted by atomic mass is 79.9. The first-order valence-corrected chi connectivity index (χ1v) is 7.83. The Balaban J connectivity index is 1.94. The van der Waals surface area contributed by atoms with Crippen LogP contribution in [-0.2, 0) is 6.54 Å². The molecule has 0 saturated heterocycles. The maximum absolute atomic E-state index is 12.2. The molecule has 1 saturated carbocycles. The van der Waals surface area contributed by atoms with Gasteiger partial charge >= 0.3 is 6.36 Å². The summed E-state index contributed by atoms with van der Waals surface area (Å²) in [7, 11) is 0. The van der Waals surface area contributed by atoms with Crippen molar-refractivity contribution < 1.29 is 17.9 Å². The highest BCUT2D eigenvalue weighted by Crippen LogP contribution is 2.33. The summed E-state index contributed by atoms with van der Waals surface area (Å²) < 4.78 is 40.8. The Kier molecular flexibility index (Phi) is 5.20. The number of halogens is 4. The van der Waals surface area contributed by atoms with E-state index in [4.69, 9.17) is 0 Å². The molecular formula is C15H19BrF3NO. The highest BCUT2D eigenvalue weighted by Gasteiger charge is 2.32. The predicted molar refractivity (Wildman–Crippen MR) is 79.0 cm³/mol. The SMILES string of the molecule is CC1CCC(NCc2ccc(OC(F)(F)F)c(Br)c2)C1C. The fourth-order valence-electron chi connectivity index (χ4n) is 2.76. The molecule has 1 aromatic rings. The van der Waals surface area contributed by atoms with E-state index < -0.39 is 6.36 Å². The van der Waals surface area contributed by atoms with Crippen molar-refractivity contribution in [3.8, 4) is 5.75 Å². The number of nitrogens with one attached hydrogen (secondary N) is 1. The molecule has 2 rings (SSSR count). The van der Waals surface area contributed by atoms with Crippen molar-refractivity contribution >= 4 is 15.9 Å². The number of ether oxygens (including phenoxy) is 1. The molecule has 0 bridgehead atoms. The first kappa shape index (κ1) is 16.6. The Hall–Kier alpha value is -0.750. The molecule has 0 aliphatic heterocycles. The summed E-state index contributed by atoms with van der Waals surface area (Å²) in [6, 6.07) is 5.14. The number of hydrogen-bond acceptors (Lipinski definition) is 2. The molecule has 0 radical (unpaired) electrons. The van der Waals surface area contributed by atoms with Crippen LogP contribution in [-0.4, -0.2) is 12.4 Å². The van der Waals surface area contributed by atoms with Crippen molar-refractivity contribution in [2.24, 2.45) is 11.8 Å². The zero-order valence-electron chi connectivity index (χ0n) is 12.0. The Bertz CT molecular complexity index is 492. The van der Waals surface area contributed by atoms with Crippen molar-refractivity contribution in [2.45, 2.75) is 45.6 Å². The lowest BCUT2D eigenvalue weighted by molar-refractivity contribution is -0.274. The molecule has 0 heterocycles. The van der Waals surface area contributed by atoms with Gasteiger partial charge in [0.05, 0.1) is 4.47 Å². The average Bonchev–Trinajstić information content (AvgIpc) is 2.69. The van der Waals surface area contributed by atoms with Crippen molar-refractivity contribution in [2.75, 3.05) is 0 Å². The minimum absolute atomic E-state index is 0.214. The number of hydrogen-bond donors (Lipinski definition) is 1. The predicted octanol–water partition coefficient (Wildman–Crippen LogP) is 4.87. The van der Waals surface area contributed by atoms with Gasteiger partial charge in [0.25, 0.3) is 0 Å². The average molecular weight is 366 g/mol. The third-order valence-corrected chi connectivity index (χ3v) is 4.88. The molecule has 118 valence electrons. The summed E-state index contributed by atoms with van der Waals surface area (Å²) in [5.74, 6) is 1.13. The second-order valence-electron chi connectivity index (χ2n) is 5.71.